The van der Waals surface area contributed by atoms with Gasteiger partial charge in [-0.15, -0.1) is 0 Å². The average molecular weight is 901 g/mol. The molecule has 3 N–H and O–H groups in total. The Kier molecular flexibility index (Phi) is 52.1. The van der Waals surface area contributed by atoms with E-state index in [1.807, 2.05) is 6.08 Å². The summed E-state index contributed by atoms with van der Waals surface area (Å²) < 4.78 is 5.45. The lowest BCUT2D eigenvalue weighted by Gasteiger charge is -2.19. The van der Waals surface area contributed by atoms with Crippen LogP contribution in [0.15, 0.2) is 36.5 Å². The highest BCUT2D eigenvalue weighted by molar-refractivity contribution is 5.76. The van der Waals surface area contributed by atoms with Crippen molar-refractivity contribution in [2.75, 3.05) is 13.2 Å². The molecular weight excluding hydrogens is 791 g/mol. The number of amides is 1. The third-order valence-corrected chi connectivity index (χ3v) is 12.9. The predicted molar refractivity (Wildman–Crippen MR) is 278 cm³/mol. The molecule has 0 radical (unpaired) electrons. The second-order valence-corrected chi connectivity index (χ2v) is 19.3. The van der Waals surface area contributed by atoms with Crippen molar-refractivity contribution >= 4 is 11.9 Å². The van der Waals surface area contributed by atoms with Gasteiger partial charge in [0.1, 0.15) is 0 Å². The number of ether oxygens (including phenoxy) is 1. The molecule has 376 valence electrons. The molecule has 1 amide bonds. The number of unbranched alkanes of at least 4 members (excludes halogenated alkanes) is 37. The Labute approximate surface area is 398 Å². The summed E-state index contributed by atoms with van der Waals surface area (Å²) in [5.74, 6) is -0.168. The first kappa shape index (κ1) is 62.1. The predicted octanol–water partition coefficient (Wildman–Crippen LogP) is 17.2. The van der Waals surface area contributed by atoms with E-state index in [0.717, 1.165) is 70.6 Å². The molecule has 0 spiro atoms. The summed E-state index contributed by atoms with van der Waals surface area (Å²) in [7, 11) is 0. The van der Waals surface area contributed by atoms with Crippen molar-refractivity contribution in [2.24, 2.45) is 0 Å². The molecular formula is C58H109NO5. The van der Waals surface area contributed by atoms with E-state index in [4.69, 9.17) is 4.74 Å². The Morgan fingerprint density at radius 2 is 0.750 bits per heavy atom. The molecule has 2 atom stereocenters. The van der Waals surface area contributed by atoms with Crippen molar-refractivity contribution in [1.29, 1.82) is 0 Å². The quantitative estimate of drug-likeness (QED) is 0.0321. The standard InChI is InChI=1S/C58H109NO5/c1-3-5-7-9-11-13-15-17-19-21-22-23-24-26-27-29-31-34-38-42-46-50-56(61)55(54-60)59-57(62)51-47-43-39-35-33-37-41-45-49-53-64-58(63)52-48-44-40-36-32-30-28-25-20-18-16-14-12-10-8-6-4-2/h18,20,35,39,46,50,55-56,60-61H,3-17,19,21-34,36-38,40-45,47-49,51-54H2,1-2H3,(H,59,62)/b20-18-,39-35-,50-46+. The van der Waals surface area contributed by atoms with Crippen LogP contribution >= 0.6 is 0 Å². The summed E-state index contributed by atoms with van der Waals surface area (Å²) in [6.07, 6.45) is 66.0. The van der Waals surface area contributed by atoms with Gasteiger partial charge in [0.2, 0.25) is 5.91 Å². The van der Waals surface area contributed by atoms with Crippen molar-refractivity contribution in [3.8, 4) is 0 Å². The zero-order valence-corrected chi connectivity index (χ0v) is 42.8. The normalized spacial score (nSPS) is 12.9. The highest BCUT2D eigenvalue weighted by atomic mass is 16.5. The van der Waals surface area contributed by atoms with Crippen molar-refractivity contribution in [3.63, 3.8) is 0 Å². The van der Waals surface area contributed by atoms with Crippen LogP contribution in [0.25, 0.3) is 0 Å². The number of aliphatic hydroxyl groups is 2. The van der Waals surface area contributed by atoms with Gasteiger partial charge in [-0.1, -0.05) is 243 Å². The van der Waals surface area contributed by atoms with Crippen LogP contribution in [0.3, 0.4) is 0 Å². The number of nitrogens with one attached hydrogen (secondary N) is 1. The number of hydrogen-bond acceptors (Lipinski definition) is 5. The fraction of sp³-hybridized carbons (Fsp3) is 0.862. The van der Waals surface area contributed by atoms with Gasteiger partial charge in [0.25, 0.3) is 0 Å². The fourth-order valence-electron chi connectivity index (χ4n) is 8.51. The molecule has 0 aliphatic carbocycles. The molecule has 0 aliphatic rings. The molecule has 0 aromatic rings. The largest absolute Gasteiger partial charge is 0.466 e. The SMILES string of the molecule is CCCCCCCC/C=C\CCCCCCCCCC(=O)OCCCCCC/C=C\CCCC(=O)NC(CO)C(O)/C=C/CCCCCCCCCCCCCCCCCCCCC. The zero-order valence-electron chi connectivity index (χ0n) is 42.8. The molecule has 64 heavy (non-hydrogen) atoms. The van der Waals surface area contributed by atoms with E-state index < -0.39 is 12.1 Å². The molecule has 0 aromatic carbocycles. The number of carbonyl (C=O) groups excluding carboxylic acids is 2. The minimum Gasteiger partial charge on any atom is -0.466 e. The number of carbonyl (C=O) groups is 2. The molecule has 0 bridgehead atoms. The Hall–Kier alpha value is -1.92. The van der Waals surface area contributed by atoms with Gasteiger partial charge >= 0.3 is 5.97 Å². The van der Waals surface area contributed by atoms with Crippen molar-refractivity contribution < 1.29 is 24.5 Å². The number of aliphatic hydroxyl groups excluding tert-OH is 2. The molecule has 0 aromatic heterocycles. The van der Waals surface area contributed by atoms with Gasteiger partial charge < -0.3 is 20.3 Å². The molecule has 2 unspecified atom stereocenters. The van der Waals surface area contributed by atoms with E-state index in [9.17, 15) is 19.8 Å². The topological polar surface area (TPSA) is 95.9 Å². The van der Waals surface area contributed by atoms with E-state index in [-0.39, 0.29) is 18.5 Å². The molecule has 0 rings (SSSR count). The monoisotopic (exact) mass is 900 g/mol. The average Bonchev–Trinajstić information content (AvgIpc) is 3.29. The van der Waals surface area contributed by atoms with Gasteiger partial charge in [-0.25, -0.2) is 0 Å². The van der Waals surface area contributed by atoms with Crippen LogP contribution in [0.5, 0.6) is 0 Å². The van der Waals surface area contributed by atoms with E-state index in [1.54, 1.807) is 6.08 Å². The first-order valence-electron chi connectivity index (χ1n) is 28.3. The Morgan fingerprint density at radius 1 is 0.422 bits per heavy atom. The lowest BCUT2D eigenvalue weighted by atomic mass is 10.0. The molecule has 0 saturated heterocycles. The van der Waals surface area contributed by atoms with Gasteiger partial charge in [-0.2, -0.15) is 0 Å². The first-order chi connectivity index (χ1) is 31.5. The molecule has 0 saturated carbocycles. The van der Waals surface area contributed by atoms with Gasteiger partial charge in [-0.3, -0.25) is 9.59 Å². The summed E-state index contributed by atoms with van der Waals surface area (Å²) in [4.78, 5) is 24.5. The van der Waals surface area contributed by atoms with Crippen LogP contribution in [-0.2, 0) is 14.3 Å². The number of hydrogen-bond donors (Lipinski definition) is 3. The summed E-state index contributed by atoms with van der Waals surface area (Å²) in [6, 6.07) is -0.667. The van der Waals surface area contributed by atoms with Gasteiger partial charge in [0.15, 0.2) is 0 Å². The highest BCUT2D eigenvalue weighted by Gasteiger charge is 2.18. The van der Waals surface area contributed by atoms with E-state index in [0.29, 0.717) is 19.4 Å². The number of rotatable bonds is 52. The summed E-state index contributed by atoms with van der Waals surface area (Å²) >= 11 is 0. The van der Waals surface area contributed by atoms with E-state index in [1.165, 1.54) is 199 Å². The Bertz CT molecular complexity index is 1040. The Balaban J connectivity index is 3.56. The molecule has 0 heterocycles. The van der Waals surface area contributed by atoms with Gasteiger partial charge in [0.05, 0.1) is 25.4 Å². The second kappa shape index (κ2) is 53.7. The number of allylic oxidation sites excluding steroid dienone is 5. The van der Waals surface area contributed by atoms with Crippen molar-refractivity contribution in [1.82, 2.24) is 5.32 Å². The minimum absolute atomic E-state index is 0.0411. The molecule has 0 aliphatic heterocycles. The van der Waals surface area contributed by atoms with Crippen LogP contribution in [0, 0.1) is 0 Å². The van der Waals surface area contributed by atoms with Crippen molar-refractivity contribution in [3.05, 3.63) is 36.5 Å². The molecule has 0 fully saturated rings. The second-order valence-electron chi connectivity index (χ2n) is 19.3. The van der Waals surface area contributed by atoms with Crippen LogP contribution in [0.2, 0.25) is 0 Å². The summed E-state index contributed by atoms with van der Waals surface area (Å²) in [5.41, 5.74) is 0. The smallest absolute Gasteiger partial charge is 0.305 e. The van der Waals surface area contributed by atoms with E-state index >= 15 is 0 Å². The fourth-order valence-corrected chi connectivity index (χ4v) is 8.51. The third kappa shape index (κ3) is 49.5. The van der Waals surface area contributed by atoms with Gasteiger partial charge in [0, 0.05) is 12.8 Å². The lowest BCUT2D eigenvalue weighted by molar-refractivity contribution is -0.143. The van der Waals surface area contributed by atoms with Gasteiger partial charge in [-0.05, 0) is 77.0 Å². The molecule has 6 heteroatoms. The van der Waals surface area contributed by atoms with Crippen molar-refractivity contribution in [2.45, 2.75) is 309 Å². The first-order valence-corrected chi connectivity index (χ1v) is 28.3. The highest BCUT2D eigenvalue weighted by Crippen LogP contribution is 2.16. The third-order valence-electron chi connectivity index (χ3n) is 12.9. The minimum atomic E-state index is -0.877. The summed E-state index contributed by atoms with van der Waals surface area (Å²) in [5, 5.41) is 23.1. The maximum Gasteiger partial charge on any atom is 0.305 e. The summed E-state index contributed by atoms with van der Waals surface area (Å²) in [6.45, 7) is 4.82. The lowest BCUT2D eigenvalue weighted by Crippen LogP contribution is -2.45. The number of esters is 1. The van der Waals surface area contributed by atoms with E-state index in [2.05, 4.69) is 43.5 Å². The zero-order chi connectivity index (χ0) is 46.5. The maximum atomic E-state index is 12.4. The van der Waals surface area contributed by atoms with Crippen LogP contribution in [-0.4, -0.2) is 47.4 Å². The van der Waals surface area contributed by atoms with Crippen LogP contribution in [0.1, 0.15) is 296 Å². The molecule has 6 nitrogen and oxygen atoms in total. The Morgan fingerprint density at radius 3 is 1.14 bits per heavy atom. The van der Waals surface area contributed by atoms with Crippen LogP contribution < -0.4 is 5.32 Å². The maximum absolute atomic E-state index is 12.4. The van der Waals surface area contributed by atoms with Crippen LogP contribution in [0.4, 0.5) is 0 Å².